The molecule has 0 saturated heterocycles. The number of carbonyl (C=O) groups excluding carboxylic acids is 1. The number of amides is 1. The minimum absolute atomic E-state index is 0.0358. The molecule has 6 nitrogen and oxygen atoms in total. The van der Waals surface area contributed by atoms with Crippen molar-refractivity contribution in [3.05, 3.63) is 138 Å². The monoisotopic (exact) mass is 606 g/mol. The van der Waals surface area contributed by atoms with E-state index in [9.17, 15) is 18.0 Å². The standard InChI is InChI=1S/C36H30F3N5O/c1-24-5-3-4-6-28(21-24)33-23-43(42-41-33)30-15-17-31(18-16-30)44-32(19-20-35(45)40-2)22-34(44)27-9-7-25(8-10-27)26-11-13-29(14-12-26)36(37,38)39/h3-18,21-24H,19-20H2,1-2H3/p+1. The van der Waals surface area contributed by atoms with Crippen molar-refractivity contribution < 1.29 is 22.5 Å². The second kappa shape index (κ2) is 12.4. The normalized spacial score (nSPS) is 16.2. The van der Waals surface area contributed by atoms with Crippen molar-refractivity contribution in [3.63, 3.8) is 0 Å². The lowest BCUT2D eigenvalue weighted by Gasteiger charge is -2.18. The highest BCUT2D eigenvalue weighted by Gasteiger charge is 2.33. The molecule has 1 aromatic heterocycles. The Hall–Kier alpha value is -5.31. The minimum atomic E-state index is -4.37. The number of rotatable bonds is 8. The molecular weight excluding hydrogens is 575 g/mol. The molecule has 1 aliphatic carbocycles. The Labute approximate surface area is 259 Å². The Kier molecular flexibility index (Phi) is 8.17. The van der Waals surface area contributed by atoms with Gasteiger partial charge in [-0.15, -0.1) is 5.10 Å². The molecule has 6 rings (SSSR count). The molecule has 3 aromatic carbocycles. The van der Waals surface area contributed by atoms with E-state index in [-0.39, 0.29) is 5.91 Å². The molecular formula is C36H31F3N5O+. The molecule has 9 heteroatoms. The van der Waals surface area contributed by atoms with E-state index in [1.807, 2.05) is 73.0 Å². The van der Waals surface area contributed by atoms with Crippen LogP contribution in [0.15, 0.2) is 121 Å². The van der Waals surface area contributed by atoms with E-state index in [0.29, 0.717) is 24.3 Å². The Morgan fingerprint density at radius 1 is 0.933 bits per heavy atom. The summed E-state index contributed by atoms with van der Waals surface area (Å²) in [7, 11) is 1.62. The Balaban J connectivity index is 1.26. The van der Waals surface area contributed by atoms with E-state index < -0.39 is 11.7 Å². The third-order valence-electron chi connectivity index (χ3n) is 7.85. The molecule has 1 N–H and O–H groups in total. The maximum atomic E-state index is 13.0. The fourth-order valence-corrected chi connectivity index (χ4v) is 5.37. The van der Waals surface area contributed by atoms with Crippen molar-refractivity contribution in [3.8, 4) is 16.8 Å². The van der Waals surface area contributed by atoms with Gasteiger partial charge in [0.1, 0.15) is 5.69 Å². The number of aromatic nitrogens is 3. The summed E-state index contributed by atoms with van der Waals surface area (Å²) in [5.41, 5.74) is 7.38. The summed E-state index contributed by atoms with van der Waals surface area (Å²) >= 11 is 0. The highest BCUT2D eigenvalue weighted by atomic mass is 19.4. The highest BCUT2D eigenvalue weighted by Crippen LogP contribution is 2.33. The van der Waals surface area contributed by atoms with Crippen LogP contribution in [0.3, 0.4) is 0 Å². The van der Waals surface area contributed by atoms with Crippen molar-refractivity contribution in [2.75, 3.05) is 7.05 Å². The lowest BCUT2D eigenvalue weighted by molar-refractivity contribution is -0.398. The van der Waals surface area contributed by atoms with Crippen LogP contribution in [0.5, 0.6) is 0 Å². The zero-order chi connectivity index (χ0) is 31.6. The lowest BCUT2D eigenvalue weighted by atomic mass is 9.97. The van der Waals surface area contributed by atoms with Crippen molar-refractivity contribution in [1.29, 1.82) is 0 Å². The number of hydrogen-bond donors (Lipinski definition) is 1. The van der Waals surface area contributed by atoms with Crippen LogP contribution in [0.4, 0.5) is 18.9 Å². The van der Waals surface area contributed by atoms with Gasteiger partial charge in [-0.1, -0.05) is 66.8 Å². The van der Waals surface area contributed by atoms with Gasteiger partial charge in [-0.05, 0) is 53.4 Å². The van der Waals surface area contributed by atoms with Crippen LogP contribution in [-0.4, -0.2) is 38.2 Å². The molecule has 4 aromatic rings. The largest absolute Gasteiger partial charge is 0.416 e. The molecule has 1 aliphatic heterocycles. The number of alkyl halides is 3. The zero-order valence-corrected chi connectivity index (χ0v) is 24.8. The lowest BCUT2D eigenvalue weighted by Crippen LogP contribution is -2.27. The van der Waals surface area contributed by atoms with Gasteiger partial charge < -0.3 is 5.32 Å². The van der Waals surface area contributed by atoms with E-state index in [1.54, 1.807) is 11.7 Å². The van der Waals surface area contributed by atoms with E-state index >= 15 is 0 Å². The van der Waals surface area contributed by atoms with Crippen LogP contribution in [-0.2, 0) is 11.0 Å². The Bertz CT molecular complexity index is 1870. The fraction of sp³-hybridized carbons (Fsp3) is 0.167. The number of benzene rings is 3. The van der Waals surface area contributed by atoms with Crippen LogP contribution < -0.4 is 5.32 Å². The SMILES string of the molecule is CNC(=O)CCC1=CC(c2ccc(-c3ccc(C(F)(F)F)cc3)cc2)=[N+]1c1ccc(-n2cc(C3=CC(C)C=CC=C3)nn2)cc1. The van der Waals surface area contributed by atoms with Crippen LogP contribution in [0, 0.1) is 5.92 Å². The summed E-state index contributed by atoms with van der Waals surface area (Å²) in [6, 6.07) is 20.9. The second-order valence-electron chi connectivity index (χ2n) is 11.0. The first-order chi connectivity index (χ1) is 21.7. The van der Waals surface area contributed by atoms with Gasteiger partial charge in [-0.3, -0.25) is 4.79 Å². The quantitative estimate of drug-likeness (QED) is 0.210. The predicted molar refractivity (Wildman–Crippen MR) is 169 cm³/mol. The molecule has 0 radical (unpaired) electrons. The number of nitrogens with zero attached hydrogens (tertiary/aromatic N) is 4. The summed E-state index contributed by atoms with van der Waals surface area (Å²) in [5.74, 6) is 0.263. The molecule has 0 fully saturated rings. The molecule has 226 valence electrons. The topological polar surface area (TPSA) is 62.8 Å². The van der Waals surface area contributed by atoms with Gasteiger partial charge in [0.2, 0.25) is 17.3 Å². The number of hydrogen-bond acceptors (Lipinski definition) is 3. The molecule has 0 saturated carbocycles. The van der Waals surface area contributed by atoms with Gasteiger partial charge in [0.15, 0.2) is 5.70 Å². The molecule has 1 unspecified atom stereocenters. The Morgan fingerprint density at radius 3 is 2.27 bits per heavy atom. The maximum Gasteiger partial charge on any atom is 0.416 e. The minimum Gasteiger partial charge on any atom is -0.359 e. The van der Waals surface area contributed by atoms with E-state index in [4.69, 9.17) is 0 Å². The van der Waals surface area contributed by atoms with Gasteiger partial charge in [-0.25, -0.2) is 4.68 Å². The first-order valence-electron chi connectivity index (χ1n) is 14.7. The molecule has 0 bridgehead atoms. The fourth-order valence-electron chi connectivity index (χ4n) is 5.37. The van der Waals surface area contributed by atoms with Gasteiger partial charge in [0.25, 0.3) is 0 Å². The van der Waals surface area contributed by atoms with Crippen LogP contribution >= 0.6 is 0 Å². The van der Waals surface area contributed by atoms with Gasteiger partial charge in [0, 0.05) is 43.2 Å². The van der Waals surface area contributed by atoms with Crippen molar-refractivity contribution in [2.24, 2.45) is 5.92 Å². The average Bonchev–Trinajstić information content (AvgIpc) is 3.42. The van der Waals surface area contributed by atoms with E-state index in [1.165, 1.54) is 12.1 Å². The second-order valence-corrected chi connectivity index (χ2v) is 11.0. The number of carbonyl (C=O) groups is 1. The summed E-state index contributed by atoms with van der Waals surface area (Å²) in [6.45, 7) is 2.12. The van der Waals surface area contributed by atoms with Crippen LogP contribution in [0.25, 0.3) is 22.4 Å². The molecule has 1 amide bonds. The van der Waals surface area contributed by atoms with E-state index in [0.717, 1.165) is 57.3 Å². The predicted octanol–water partition coefficient (Wildman–Crippen LogP) is 7.66. The van der Waals surface area contributed by atoms with Crippen LogP contribution in [0.1, 0.15) is 36.6 Å². The third kappa shape index (κ3) is 6.47. The summed E-state index contributed by atoms with van der Waals surface area (Å²) in [4.78, 5) is 12.0. The maximum absolute atomic E-state index is 13.0. The highest BCUT2D eigenvalue weighted by molar-refractivity contribution is 6.09. The van der Waals surface area contributed by atoms with Gasteiger partial charge in [0.05, 0.1) is 23.5 Å². The first kappa shape index (κ1) is 29.7. The van der Waals surface area contributed by atoms with Crippen LogP contribution in [0.2, 0.25) is 0 Å². The molecule has 2 aliphatic rings. The summed E-state index contributed by atoms with van der Waals surface area (Å²) in [5, 5.41) is 11.4. The average molecular weight is 607 g/mol. The Morgan fingerprint density at radius 2 is 1.60 bits per heavy atom. The van der Waals surface area contributed by atoms with Crippen molar-refractivity contribution in [2.45, 2.75) is 25.9 Å². The zero-order valence-electron chi connectivity index (χ0n) is 24.8. The summed E-state index contributed by atoms with van der Waals surface area (Å²) < 4.78 is 42.9. The number of nitrogens with one attached hydrogen (secondary N) is 1. The van der Waals surface area contributed by atoms with Crippen molar-refractivity contribution >= 4 is 22.9 Å². The summed E-state index contributed by atoms with van der Waals surface area (Å²) in [6.07, 6.45) is 10.9. The number of halogens is 3. The molecule has 2 heterocycles. The molecule has 45 heavy (non-hydrogen) atoms. The molecule has 1 atom stereocenters. The molecule has 0 spiro atoms. The smallest absolute Gasteiger partial charge is 0.359 e. The van der Waals surface area contributed by atoms with E-state index in [2.05, 4.69) is 45.4 Å². The van der Waals surface area contributed by atoms with Gasteiger partial charge >= 0.3 is 6.18 Å². The first-order valence-corrected chi connectivity index (χ1v) is 14.7. The van der Waals surface area contributed by atoms with Gasteiger partial charge in [-0.2, -0.15) is 17.7 Å². The third-order valence-corrected chi connectivity index (χ3v) is 7.85. The van der Waals surface area contributed by atoms with Crippen molar-refractivity contribution in [1.82, 2.24) is 20.3 Å². The number of allylic oxidation sites excluding steroid dienone is 8.